The van der Waals surface area contributed by atoms with Gasteiger partial charge in [-0.1, -0.05) is 296 Å². The molecule has 0 radical (unpaired) electrons. The minimum atomic E-state index is -0.764. The second kappa shape index (κ2) is 57.7. The van der Waals surface area contributed by atoms with E-state index < -0.39 is 6.10 Å². The molecule has 0 saturated heterocycles. The van der Waals surface area contributed by atoms with Crippen LogP contribution in [0.25, 0.3) is 0 Å². The average Bonchev–Trinajstić information content (AvgIpc) is 3.34. The monoisotopic (exact) mass is 959 g/mol. The van der Waals surface area contributed by atoms with Crippen LogP contribution in [0, 0.1) is 0 Å². The summed E-state index contributed by atoms with van der Waals surface area (Å²) in [6.45, 7) is 6.66. The van der Waals surface area contributed by atoms with Crippen LogP contribution in [0.3, 0.4) is 0 Å². The molecule has 6 nitrogen and oxygen atoms in total. The number of hydrogen-bond acceptors (Lipinski definition) is 6. The Morgan fingerprint density at radius 2 is 0.485 bits per heavy atom. The Balaban J connectivity index is 4.10. The molecule has 0 aromatic carbocycles. The van der Waals surface area contributed by atoms with Gasteiger partial charge in [0.15, 0.2) is 6.10 Å². The van der Waals surface area contributed by atoms with E-state index in [0.717, 1.165) is 57.8 Å². The third-order valence-corrected chi connectivity index (χ3v) is 14.0. The number of esters is 3. The summed E-state index contributed by atoms with van der Waals surface area (Å²) in [6, 6.07) is 0. The van der Waals surface area contributed by atoms with Gasteiger partial charge < -0.3 is 14.2 Å². The summed E-state index contributed by atoms with van der Waals surface area (Å²) in [5.41, 5.74) is 0. The highest BCUT2D eigenvalue weighted by atomic mass is 16.6. The summed E-state index contributed by atoms with van der Waals surface area (Å²) in [5, 5.41) is 0. The molecule has 6 heteroatoms. The molecule has 0 amide bonds. The lowest BCUT2D eigenvalue weighted by molar-refractivity contribution is -0.167. The van der Waals surface area contributed by atoms with Crippen LogP contribution in [-0.4, -0.2) is 37.2 Å². The number of hydrogen-bond donors (Lipinski definition) is 0. The first-order chi connectivity index (χ1) is 33.5. The molecule has 0 aromatic heterocycles. The number of unbranched alkanes of at least 4 members (excludes halogenated alkanes) is 44. The first-order valence-electron chi connectivity index (χ1n) is 30.7. The van der Waals surface area contributed by atoms with Crippen molar-refractivity contribution in [1.29, 1.82) is 0 Å². The molecule has 1 unspecified atom stereocenters. The molecule has 0 bridgehead atoms. The fourth-order valence-corrected chi connectivity index (χ4v) is 9.38. The highest BCUT2D eigenvalue weighted by molar-refractivity contribution is 5.71. The molecular formula is C62H118O6. The quantitative estimate of drug-likeness (QED) is 0.0262. The van der Waals surface area contributed by atoms with Crippen LogP contribution in [0.4, 0.5) is 0 Å². The molecule has 68 heavy (non-hydrogen) atoms. The van der Waals surface area contributed by atoms with Gasteiger partial charge >= 0.3 is 17.9 Å². The van der Waals surface area contributed by atoms with Crippen molar-refractivity contribution in [2.75, 3.05) is 13.2 Å². The average molecular weight is 960 g/mol. The normalized spacial score (nSPS) is 12.0. The molecule has 0 aliphatic rings. The van der Waals surface area contributed by atoms with E-state index in [1.54, 1.807) is 0 Å². The van der Waals surface area contributed by atoms with E-state index in [-0.39, 0.29) is 31.1 Å². The minimum absolute atomic E-state index is 0.0653. The third-order valence-electron chi connectivity index (χ3n) is 14.0. The Kier molecular flexibility index (Phi) is 56.2. The zero-order chi connectivity index (χ0) is 49.3. The van der Waals surface area contributed by atoms with E-state index in [0.29, 0.717) is 19.3 Å². The standard InChI is InChI=1S/C62H118O6/c1-4-7-10-13-16-18-20-22-24-26-28-30-32-33-35-37-39-41-43-46-49-52-55-61(64)67-58-59(57-66-60(63)54-51-48-45-15-12-9-6-3)68-62(65)56-53-50-47-44-42-40-38-36-34-31-29-27-25-23-21-19-17-14-11-8-5-2/h27,29,59H,4-26,28,30-58H2,1-3H3/b29-27-. The maximum atomic E-state index is 12.8. The highest BCUT2D eigenvalue weighted by Gasteiger charge is 2.19. The smallest absolute Gasteiger partial charge is 0.306 e. The van der Waals surface area contributed by atoms with Crippen molar-refractivity contribution in [1.82, 2.24) is 0 Å². The summed E-state index contributed by atoms with van der Waals surface area (Å²) in [4.78, 5) is 38.0. The molecule has 0 N–H and O–H groups in total. The fourth-order valence-electron chi connectivity index (χ4n) is 9.38. The predicted octanol–water partition coefficient (Wildman–Crippen LogP) is 20.5. The molecule has 0 saturated carbocycles. The van der Waals surface area contributed by atoms with Crippen LogP contribution in [0.5, 0.6) is 0 Å². The zero-order valence-corrected chi connectivity index (χ0v) is 46.2. The third kappa shape index (κ3) is 55.1. The van der Waals surface area contributed by atoms with Crippen molar-refractivity contribution >= 4 is 17.9 Å². The Morgan fingerprint density at radius 1 is 0.279 bits per heavy atom. The lowest BCUT2D eigenvalue weighted by Crippen LogP contribution is -2.30. The summed E-state index contributed by atoms with van der Waals surface area (Å²) >= 11 is 0. The van der Waals surface area contributed by atoms with Gasteiger partial charge in [-0.2, -0.15) is 0 Å². The molecule has 0 aromatic rings. The van der Waals surface area contributed by atoms with E-state index in [2.05, 4.69) is 32.9 Å². The molecule has 402 valence electrons. The second-order valence-corrected chi connectivity index (χ2v) is 21.0. The zero-order valence-electron chi connectivity index (χ0n) is 46.2. The van der Waals surface area contributed by atoms with E-state index >= 15 is 0 Å². The van der Waals surface area contributed by atoms with E-state index in [9.17, 15) is 14.4 Å². The molecule has 0 fully saturated rings. The number of allylic oxidation sites excluding steroid dienone is 2. The van der Waals surface area contributed by atoms with Crippen molar-refractivity contribution in [2.24, 2.45) is 0 Å². The van der Waals surface area contributed by atoms with Crippen LogP contribution in [0.2, 0.25) is 0 Å². The van der Waals surface area contributed by atoms with Gasteiger partial charge in [0.05, 0.1) is 0 Å². The second-order valence-electron chi connectivity index (χ2n) is 21.0. The first kappa shape index (κ1) is 66.2. The van der Waals surface area contributed by atoms with E-state index in [1.807, 2.05) is 0 Å². The highest BCUT2D eigenvalue weighted by Crippen LogP contribution is 2.18. The summed E-state index contributed by atoms with van der Waals surface area (Å²) in [6.07, 6.45) is 66.7. The lowest BCUT2D eigenvalue weighted by atomic mass is 10.0. The molecule has 1 atom stereocenters. The number of rotatable bonds is 57. The van der Waals surface area contributed by atoms with E-state index in [4.69, 9.17) is 14.2 Å². The Labute approximate surface area is 424 Å². The van der Waals surface area contributed by atoms with Crippen molar-refractivity contribution < 1.29 is 28.6 Å². The van der Waals surface area contributed by atoms with Gasteiger partial charge in [0.2, 0.25) is 0 Å². The van der Waals surface area contributed by atoms with Gasteiger partial charge in [0.25, 0.3) is 0 Å². The van der Waals surface area contributed by atoms with Gasteiger partial charge in [0.1, 0.15) is 13.2 Å². The summed E-state index contributed by atoms with van der Waals surface area (Å²) in [5.74, 6) is -0.850. The van der Waals surface area contributed by atoms with Gasteiger partial charge in [-0.25, -0.2) is 0 Å². The Bertz CT molecular complexity index is 1060. The van der Waals surface area contributed by atoms with Gasteiger partial charge in [-0.15, -0.1) is 0 Å². The molecule has 0 spiro atoms. The maximum Gasteiger partial charge on any atom is 0.306 e. The molecule has 0 rings (SSSR count). The van der Waals surface area contributed by atoms with Crippen molar-refractivity contribution in [3.8, 4) is 0 Å². The number of ether oxygens (including phenoxy) is 3. The Morgan fingerprint density at radius 3 is 0.735 bits per heavy atom. The van der Waals surface area contributed by atoms with Crippen LogP contribution in [0.15, 0.2) is 12.2 Å². The summed E-state index contributed by atoms with van der Waals surface area (Å²) in [7, 11) is 0. The lowest BCUT2D eigenvalue weighted by Gasteiger charge is -2.18. The van der Waals surface area contributed by atoms with Gasteiger partial charge in [-0.05, 0) is 44.9 Å². The molecular weight excluding hydrogens is 841 g/mol. The topological polar surface area (TPSA) is 78.9 Å². The number of carbonyl (C=O) groups excluding carboxylic acids is 3. The van der Waals surface area contributed by atoms with Crippen molar-refractivity contribution in [2.45, 2.75) is 354 Å². The summed E-state index contributed by atoms with van der Waals surface area (Å²) < 4.78 is 16.8. The maximum absolute atomic E-state index is 12.8. The fraction of sp³-hybridized carbons (Fsp3) is 0.919. The van der Waals surface area contributed by atoms with Crippen molar-refractivity contribution in [3.05, 3.63) is 12.2 Å². The van der Waals surface area contributed by atoms with Crippen LogP contribution in [-0.2, 0) is 28.6 Å². The molecule has 0 aliphatic heterocycles. The van der Waals surface area contributed by atoms with Crippen molar-refractivity contribution in [3.63, 3.8) is 0 Å². The molecule has 0 heterocycles. The SMILES string of the molecule is CCCCCCCCCC/C=C\CCCCCCCCCCCC(=O)OC(COC(=O)CCCCCCCCC)COC(=O)CCCCCCCCCCCCCCCCCCCCCCCC. The first-order valence-corrected chi connectivity index (χ1v) is 30.7. The Hall–Kier alpha value is -1.85. The van der Waals surface area contributed by atoms with Gasteiger partial charge in [0, 0.05) is 19.3 Å². The predicted molar refractivity (Wildman–Crippen MR) is 293 cm³/mol. The van der Waals surface area contributed by atoms with E-state index in [1.165, 1.54) is 250 Å². The molecule has 0 aliphatic carbocycles. The van der Waals surface area contributed by atoms with Crippen LogP contribution < -0.4 is 0 Å². The largest absolute Gasteiger partial charge is 0.462 e. The van der Waals surface area contributed by atoms with Crippen LogP contribution >= 0.6 is 0 Å². The van der Waals surface area contributed by atoms with Gasteiger partial charge in [-0.3, -0.25) is 14.4 Å². The van der Waals surface area contributed by atoms with Crippen LogP contribution in [0.1, 0.15) is 348 Å². The number of carbonyl (C=O) groups is 3. The minimum Gasteiger partial charge on any atom is -0.462 e.